The van der Waals surface area contributed by atoms with Gasteiger partial charge in [-0.25, -0.2) is 0 Å². The van der Waals surface area contributed by atoms with Crippen LogP contribution in [0.4, 0.5) is 13.2 Å². The largest absolute Gasteiger partial charge is 0.507 e. The molecule has 0 aliphatic rings. The van der Waals surface area contributed by atoms with Crippen molar-refractivity contribution in [2.75, 3.05) is 6.54 Å². The quantitative estimate of drug-likeness (QED) is 0.214. The lowest BCUT2D eigenvalue weighted by Gasteiger charge is -2.22. The van der Waals surface area contributed by atoms with Crippen LogP contribution in [0.2, 0.25) is 0 Å². The molecule has 1 heterocycles. The van der Waals surface area contributed by atoms with Crippen molar-refractivity contribution >= 4 is 11.0 Å². The number of phenols is 1. The van der Waals surface area contributed by atoms with Gasteiger partial charge in [-0.15, -0.1) is 0 Å². The van der Waals surface area contributed by atoms with Crippen LogP contribution in [0.5, 0.6) is 17.2 Å². The molecule has 4 aromatic carbocycles. The number of fused-ring (bicyclic) bond motifs is 1. The first-order valence-electron chi connectivity index (χ1n) is 12.7. The minimum Gasteiger partial charge on any atom is -0.507 e. The Morgan fingerprint density at radius 2 is 1.45 bits per heavy atom. The lowest BCUT2D eigenvalue weighted by atomic mass is 10.1. The van der Waals surface area contributed by atoms with Gasteiger partial charge in [-0.3, -0.25) is 9.69 Å². The van der Waals surface area contributed by atoms with Crippen molar-refractivity contribution in [2.45, 2.75) is 26.2 Å². The second-order valence-corrected chi connectivity index (χ2v) is 9.31. The highest BCUT2D eigenvalue weighted by atomic mass is 19.4. The number of ether oxygens (including phenoxy) is 1. The van der Waals surface area contributed by atoms with E-state index in [0.29, 0.717) is 13.1 Å². The molecule has 204 valence electrons. The van der Waals surface area contributed by atoms with Crippen molar-refractivity contribution < 1.29 is 27.4 Å². The van der Waals surface area contributed by atoms with Gasteiger partial charge >= 0.3 is 6.18 Å². The van der Waals surface area contributed by atoms with Crippen molar-refractivity contribution in [3.63, 3.8) is 0 Å². The van der Waals surface area contributed by atoms with Gasteiger partial charge in [-0.1, -0.05) is 79.7 Å². The Hall–Kier alpha value is -4.56. The van der Waals surface area contributed by atoms with Crippen LogP contribution in [0.15, 0.2) is 106 Å². The van der Waals surface area contributed by atoms with E-state index < -0.39 is 23.1 Å². The van der Waals surface area contributed by atoms with Gasteiger partial charge in [0, 0.05) is 13.1 Å². The van der Waals surface area contributed by atoms with Gasteiger partial charge in [0.1, 0.15) is 17.1 Å². The van der Waals surface area contributed by atoms with Crippen molar-refractivity contribution in [3.8, 4) is 28.4 Å². The maximum Gasteiger partial charge on any atom is 0.453 e. The summed E-state index contributed by atoms with van der Waals surface area (Å²) in [6, 6.07) is 27.9. The van der Waals surface area contributed by atoms with Crippen LogP contribution in [0.1, 0.15) is 23.8 Å². The van der Waals surface area contributed by atoms with Crippen LogP contribution in [0, 0.1) is 0 Å². The molecule has 0 aliphatic carbocycles. The highest BCUT2D eigenvalue weighted by Gasteiger charge is 2.41. The van der Waals surface area contributed by atoms with E-state index >= 15 is 0 Å². The molecule has 0 saturated carbocycles. The smallest absolute Gasteiger partial charge is 0.453 e. The fourth-order valence-corrected chi connectivity index (χ4v) is 4.53. The van der Waals surface area contributed by atoms with Crippen molar-refractivity contribution in [1.82, 2.24) is 4.90 Å². The zero-order valence-electron chi connectivity index (χ0n) is 21.6. The van der Waals surface area contributed by atoms with E-state index in [1.165, 1.54) is 24.3 Å². The SMILES string of the molecule is CCN(Cc1ccccc1)Cc1c(O)ccc2c(=O)c(Oc3ccc(-c4ccccc4)cc3)c(C(F)(F)F)oc12. The zero-order chi connectivity index (χ0) is 28.3. The lowest BCUT2D eigenvalue weighted by Crippen LogP contribution is -2.23. The van der Waals surface area contributed by atoms with Gasteiger partial charge in [0.25, 0.3) is 5.76 Å². The van der Waals surface area contributed by atoms with Crippen molar-refractivity contribution in [3.05, 3.63) is 124 Å². The Labute approximate surface area is 228 Å². The van der Waals surface area contributed by atoms with E-state index in [0.717, 1.165) is 16.7 Å². The van der Waals surface area contributed by atoms with Crippen molar-refractivity contribution in [2.24, 2.45) is 0 Å². The van der Waals surface area contributed by atoms with Gasteiger partial charge in [0.05, 0.1) is 10.9 Å². The molecule has 0 amide bonds. The van der Waals surface area contributed by atoms with Gasteiger partial charge in [0.2, 0.25) is 11.2 Å². The molecule has 0 spiro atoms. The number of halogens is 3. The summed E-state index contributed by atoms with van der Waals surface area (Å²) >= 11 is 0. The normalized spacial score (nSPS) is 11.7. The standard InChI is InChI=1S/C32H26F3NO4/c1-2-36(19-21-9-5-3-6-10-21)20-26-27(37)18-17-25-28(38)30(31(32(33,34)35)40-29(25)26)39-24-15-13-23(14-16-24)22-11-7-4-8-12-22/h3-18,37H,2,19-20H2,1H3. The summed E-state index contributed by atoms with van der Waals surface area (Å²) in [7, 11) is 0. The first-order chi connectivity index (χ1) is 19.2. The highest BCUT2D eigenvalue weighted by molar-refractivity contribution is 5.83. The molecule has 40 heavy (non-hydrogen) atoms. The van der Waals surface area contributed by atoms with E-state index in [-0.39, 0.29) is 34.6 Å². The average Bonchev–Trinajstić information content (AvgIpc) is 2.96. The number of nitrogens with zero attached hydrogens (tertiary/aromatic N) is 1. The monoisotopic (exact) mass is 545 g/mol. The molecule has 0 saturated heterocycles. The van der Waals surface area contributed by atoms with Gasteiger partial charge < -0.3 is 14.3 Å². The van der Waals surface area contributed by atoms with E-state index in [1.807, 2.05) is 72.5 Å². The Morgan fingerprint density at radius 3 is 2.08 bits per heavy atom. The maximum absolute atomic E-state index is 14.2. The fourth-order valence-electron chi connectivity index (χ4n) is 4.53. The summed E-state index contributed by atoms with van der Waals surface area (Å²) in [4.78, 5) is 15.3. The summed E-state index contributed by atoms with van der Waals surface area (Å²) in [5.41, 5.74) is 1.55. The van der Waals surface area contributed by atoms with Crippen LogP contribution in [-0.2, 0) is 19.3 Å². The lowest BCUT2D eigenvalue weighted by molar-refractivity contribution is -0.154. The molecule has 5 rings (SSSR count). The third kappa shape index (κ3) is 5.72. The highest BCUT2D eigenvalue weighted by Crippen LogP contribution is 2.40. The third-order valence-electron chi connectivity index (χ3n) is 6.61. The molecular weight excluding hydrogens is 519 g/mol. The molecule has 0 radical (unpaired) electrons. The second kappa shape index (κ2) is 11.3. The fraction of sp³-hybridized carbons (Fsp3) is 0.156. The maximum atomic E-state index is 14.2. The van der Waals surface area contributed by atoms with E-state index in [1.54, 1.807) is 12.1 Å². The Morgan fingerprint density at radius 1 is 0.825 bits per heavy atom. The number of phenolic OH excluding ortho intramolecular Hbond substituents is 1. The molecular formula is C32H26F3NO4. The van der Waals surface area contributed by atoms with Crippen LogP contribution in [0.25, 0.3) is 22.1 Å². The first-order valence-corrected chi connectivity index (χ1v) is 12.7. The summed E-state index contributed by atoms with van der Waals surface area (Å²) in [5, 5.41) is 10.5. The average molecular weight is 546 g/mol. The molecule has 5 nitrogen and oxygen atoms in total. The van der Waals surface area contributed by atoms with E-state index in [4.69, 9.17) is 9.15 Å². The number of hydrogen-bond donors (Lipinski definition) is 1. The zero-order valence-corrected chi connectivity index (χ0v) is 21.6. The Bertz CT molecular complexity index is 1670. The van der Waals surface area contributed by atoms with Crippen LogP contribution in [-0.4, -0.2) is 16.6 Å². The molecule has 5 aromatic rings. The van der Waals surface area contributed by atoms with Crippen LogP contribution in [0.3, 0.4) is 0 Å². The summed E-state index contributed by atoms with van der Waals surface area (Å²) < 4.78 is 53.5. The third-order valence-corrected chi connectivity index (χ3v) is 6.61. The van der Waals surface area contributed by atoms with E-state index in [2.05, 4.69) is 0 Å². The predicted molar refractivity (Wildman–Crippen MR) is 147 cm³/mol. The molecule has 0 atom stereocenters. The molecule has 1 N–H and O–H groups in total. The van der Waals surface area contributed by atoms with Gasteiger partial charge in [-0.05, 0) is 47.5 Å². The molecule has 0 bridgehead atoms. The number of aromatic hydroxyl groups is 1. The summed E-state index contributed by atoms with van der Waals surface area (Å²) in [5.74, 6) is -2.73. The van der Waals surface area contributed by atoms with Gasteiger partial charge in [-0.2, -0.15) is 13.2 Å². The number of alkyl halides is 3. The second-order valence-electron chi connectivity index (χ2n) is 9.31. The molecule has 0 aliphatic heterocycles. The van der Waals surface area contributed by atoms with E-state index in [9.17, 15) is 23.1 Å². The van der Waals surface area contributed by atoms with Crippen LogP contribution < -0.4 is 10.2 Å². The molecule has 0 unspecified atom stereocenters. The summed E-state index contributed by atoms with van der Waals surface area (Å²) in [6.07, 6.45) is -5.02. The van der Waals surface area contributed by atoms with Crippen LogP contribution >= 0.6 is 0 Å². The first kappa shape index (κ1) is 27.0. The number of benzene rings is 4. The number of hydrogen-bond acceptors (Lipinski definition) is 5. The topological polar surface area (TPSA) is 62.9 Å². The molecule has 1 aromatic heterocycles. The minimum absolute atomic E-state index is 0.0517. The molecule has 8 heteroatoms. The predicted octanol–water partition coefficient (Wildman–Crippen LogP) is 8.00. The minimum atomic E-state index is -5.02. The van der Waals surface area contributed by atoms with Gasteiger partial charge in [0.15, 0.2) is 0 Å². The molecule has 0 fully saturated rings. The Balaban J connectivity index is 1.54. The van der Waals surface area contributed by atoms with Crippen molar-refractivity contribution in [1.29, 1.82) is 0 Å². The summed E-state index contributed by atoms with van der Waals surface area (Å²) in [6.45, 7) is 3.00. The number of rotatable bonds is 8. The Kier molecular flexibility index (Phi) is 7.62.